The van der Waals surface area contributed by atoms with Crippen LogP contribution in [-0.4, -0.2) is 52.2 Å². The van der Waals surface area contributed by atoms with E-state index in [0.717, 1.165) is 0 Å². The van der Waals surface area contributed by atoms with Crippen LogP contribution in [0.5, 0.6) is 0 Å². The zero-order valence-electron chi connectivity index (χ0n) is 19.6. The lowest BCUT2D eigenvalue weighted by atomic mass is 10.1. The number of benzene rings is 2. The average molecular weight is 485 g/mol. The Kier molecular flexibility index (Phi) is 8.44. The van der Waals surface area contributed by atoms with Crippen LogP contribution in [0.3, 0.4) is 0 Å². The number of carboxylic acid groups (broad SMARTS) is 2. The fraction of sp³-hybridized carbons (Fsp3) is 0.0741. The minimum Gasteiger partial charge on any atom is -0.478 e. The fourth-order valence-corrected chi connectivity index (χ4v) is 3.19. The van der Waals surface area contributed by atoms with Crippen LogP contribution in [0.4, 0.5) is 16.2 Å². The number of hydrogen-bond acceptors (Lipinski definition) is 5. The SMILES string of the molecule is CN(C(=O)N(C)c1ccc(C(=O)O)cc1)c1ccc(C(=O)O)cc1.c1cc(-c2ccncc2)ccn1. The first-order valence-electron chi connectivity index (χ1n) is 10.8. The van der Waals surface area contributed by atoms with Gasteiger partial charge in [-0.15, -0.1) is 0 Å². The van der Waals surface area contributed by atoms with Crippen molar-refractivity contribution in [2.24, 2.45) is 0 Å². The summed E-state index contributed by atoms with van der Waals surface area (Å²) in [5.74, 6) is -2.07. The van der Waals surface area contributed by atoms with E-state index in [2.05, 4.69) is 9.97 Å². The van der Waals surface area contributed by atoms with Crippen molar-refractivity contribution in [2.45, 2.75) is 0 Å². The molecule has 2 N–H and O–H groups in total. The third-order valence-electron chi connectivity index (χ3n) is 5.27. The molecule has 4 aromatic rings. The van der Waals surface area contributed by atoms with Crippen LogP contribution in [0, 0.1) is 0 Å². The van der Waals surface area contributed by atoms with Gasteiger partial charge in [0.05, 0.1) is 11.1 Å². The summed E-state index contributed by atoms with van der Waals surface area (Å²) in [5, 5.41) is 17.8. The summed E-state index contributed by atoms with van der Waals surface area (Å²) in [6.07, 6.45) is 7.15. The lowest BCUT2D eigenvalue weighted by molar-refractivity contribution is 0.0686. The average Bonchev–Trinajstić information content (AvgIpc) is 2.93. The zero-order valence-corrected chi connectivity index (χ0v) is 19.6. The summed E-state index contributed by atoms with van der Waals surface area (Å²) in [4.78, 5) is 44.9. The monoisotopic (exact) mass is 484 g/mol. The van der Waals surface area contributed by atoms with Gasteiger partial charge in [-0.2, -0.15) is 0 Å². The van der Waals surface area contributed by atoms with Gasteiger partial charge < -0.3 is 10.2 Å². The number of aromatic carboxylic acids is 2. The standard InChI is InChI=1S/C17H16N2O5.C10H8N2/c1-18(13-7-3-11(4-8-13)15(20)21)17(24)19(2)14-9-5-12(6-10-14)16(22)23;1-5-11-6-2-9(1)10-3-7-12-8-4-10/h3-10H,1-2H3,(H,20,21)(H,22,23);1-8H. The number of amides is 2. The molecule has 9 nitrogen and oxygen atoms in total. The zero-order chi connectivity index (χ0) is 26.1. The molecule has 2 heterocycles. The molecule has 0 aliphatic heterocycles. The summed E-state index contributed by atoms with van der Waals surface area (Å²) < 4.78 is 0. The van der Waals surface area contributed by atoms with Crippen molar-refractivity contribution in [3.63, 3.8) is 0 Å². The number of carboxylic acids is 2. The predicted molar refractivity (Wildman–Crippen MR) is 136 cm³/mol. The Hall–Kier alpha value is -5.05. The summed E-state index contributed by atoms with van der Waals surface area (Å²) in [6.45, 7) is 0. The minimum absolute atomic E-state index is 0.136. The molecular weight excluding hydrogens is 460 g/mol. The maximum atomic E-state index is 12.5. The molecule has 0 spiro atoms. The Labute approximate surface area is 207 Å². The molecule has 0 aliphatic carbocycles. The molecule has 36 heavy (non-hydrogen) atoms. The van der Waals surface area contributed by atoms with Gasteiger partial charge in [-0.1, -0.05) is 0 Å². The summed E-state index contributed by atoms with van der Waals surface area (Å²) in [5.41, 5.74) is 3.70. The fourth-order valence-electron chi connectivity index (χ4n) is 3.19. The normalized spacial score (nSPS) is 9.94. The first-order valence-corrected chi connectivity index (χ1v) is 10.8. The predicted octanol–water partition coefficient (Wildman–Crippen LogP) is 4.92. The van der Waals surface area contributed by atoms with Gasteiger partial charge in [0.1, 0.15) is 0 Å². The van der Waals surface area contributed by atoms with E-state index in [1.165, 1.54) is 45.2 Å². The molecule has 0 bridgehead atoms. The van der Waals surface area contributed by atoms with Crippen molar-refractivity contribution in [1.29, 1.82) is 0 Å². The minimum atomic E-state index is -1.04. The van der Waals surface area contributed by atoms with E-state index in [1.807, 2.05) is 24.3 Å². The third-order valence-corrected chi connectivity index (χ3v) is 5.27. The van der Waals surface area contributed by atoms with Gasteiger partial charge in [0.25, 0.3) is 0 Å². The molecule has 0 atom stereocenters. The van der Waals surface area contributed by atoms with E-state index in [9.17, 15) is 14.4 Å². The molecule has 2 amide bonds. The van der Waals surface area contributed by atoms with E-state index in [4.69, 9.17) is 10.2 Å². The number of pyridine rings is 2. The number of carbonyl (C=O) groups is 3. The Balaban J connectivity index is 0.000000249. The van der Waals surface area contributed by atoms with Gasteiger partial charge in [-0.05, 0) is 83.9 Å². The smallest absolute Gasteiger partial charge is 0.335 e. The Bertz CT molecular complexity index is 1210. The highest BCUT2D eigenvalue weighted by atomic mass is 16.4. The number of hydrogen-bond donors (Lipinski definition) is 2. The van der Waals surface area contributed by atoms with Gasteiger partial charge in [0.15, 0.2) is 0 Å². The highest BCUT2D eigenvalue weighted by Crippen LogP contribution is 2.20. The molecule has 182 valence electrons. The highest BCUT2D eigenvalue weighted by molar-refractivity contribution is 6.03. The molecule has 2 aromatic carbocycles. The molecule has 0 saturated carbocycles. The van der Waals surface area contributed by atoms with Crippen molar-refractivity contribution < 1.29 is 24.6 Å². The summed E-state index contributed by atoms with van der Waals surface area (Å²) in [6, 6.07) is 19.4. The lowest BCUT2D eigenvalue weighted by Gasteiger charge is -2.25. The van der Waals surface area contributed by atoms with Crippen molar-refractivity contribution in [3.05, 3.63) is 109 Å². The van der Waals surface area contributed by atoms with Crippen molar-refractivity contribution in [3.8, 4) is 11.1 Å². The Morgan fingerprint density at radius 1 is 0.556 bits per heavy atom. The van der Waals surface area contributed by atoms with E-state index in [0.29, 0.717) is 11.4 Å². The number of nitrogens with zero attached hydrogens (tertiary/aromatic N) is 4. The topological polar surface area (TPSA) is 124 Å². The Morgan fingerprint density at radius 2 is 0.861 bits per heavy atom. The molecule has 0 radical (unpaired) electrons. The van der Waals surface area contributed by atoms with Crippen LogP contribution in [0.1, 0.15) is 20.7 Å². The second kappa shape index (κ2) is 11.9. The molecule has 0 fully saturated rings. The first kappa shape index (κ1) is 25.6. The van der Waals surface area contributed by atoms with Crippen molar-refractivity contribution in [1.82, 2.24) is 9.97 Å². The third kappa shape index (κ3) is 6.51. The van der Waals surface area contributed by atoms with Crippen LogP contribution in [0.2, 0.25) is 0 Å². The summed E-state index contributed by atoms with van der Waals surface area (Å²) in [7, 11) is 3.14. The second-order valence-corrected chi connectivity index (χ2v) is 7.58. The van der Waals surface area contributed by atoms with E-state index in [1.54, 1.807) is 63.1 Å². The number of aromatic nitrogens is 2. The van der Waals surface area contributed by atoms with Gasteiger partial charge in [0.2, 0.25) is 0 Å². The molecule has 0 unspecified atom stereocenters. The number of anilines is 2. The van der Waals surface area contributed by atoms with Crippen LogP contribution in [-0.2, 0) is 0 Å². The van der Waals surface area contributed by atoms with Gasteiger partial charge in [0, 0.05) is 50.3 Å². The largest absolute Gasteiger partial charge is 0.478 e. The quantitative estimate of drug-likeness (QED) is 0.412. The van der Waals surface area contributed by atoms with E-state index < -0.39 is 11.9 Å². The maximum Gasteiger partial charge on any atom is 0.335 e. The number of carbonyl (C=O) groups excluding carboxylic acids is 1. The lowest BCUT2D eigenvalue weighted by Crippen LogP contribution is -2.38. The molecule has 4 rings (SSSR count). The number of rotatable bonds is 5. The summed E-state index contributed by atoms with van der Waals surface area (Å²) >= 11 is 0. The van der Waals surface area contributed by atoms with Crippen LogP contribution >= 0.6 is 0 Å². The van der Waals surface area contributed by atoms with Crippen molar-refractivity contribution >= 4 is 29.3 Å². The number of urea groups is 1. The Morgan fingerprint density at radius 3 is 1.14 bits per heavy atom. The van der Waals surface area contributed by atoms with Gasteiger partial charge in [-0.3, -0.25) is 19.8 Å². The molecule has 2 aromatic heterocycles. The first-order chi connectivity index (χ1) is 17.3. The molecule has 0 saturated heterocycles. The van der Waals surface area contributed by atoms with Crippen LogP contribution in [0.25, 0.3) is 11.1 Å². The maximum absolute atomic E-state index is 12.5. The van der Waals surface area contributed by atoms with E-state index >= 15 is 0 Å². The van der Waals surface area contributed by atoms with Crippen LogP contribution in [0.15, 0.2) is 97.6 Å². The molecule has 0 aliphatic rings. The highest BCUT2D eigenvalue weighted by Gasteiger charge is 2.18. The van der Waals surface area contributed by atoms with E-state index in [-0.39, 0.29) is 17.2 Å². The second-order valence-electron chi connectivity index (χ2n) is 7.58. The van der Waals surface area contributed by atoms with Crippen molar-refractivity contribution in [2.75, 3.05) is 23.9 Å². The molecular formula is C27H24N4O5. The van der Waals surface area contributed by atoms with Gasteiger partial charge in [-0.25, -0.2) is 14.4 Å². The van der Waals surface area contributed by atoms with Gasteiger partial charge >= 0.3 is 18.0 Å². The molecule has 9 heteroatoms. The van der Waals surface area contributed by atoms with Crippen LogP contribution < -0.4 is 9.80 Å².